The Labute approximate surface area is 119 Å². The summed E-state index contributed by atoms with van der Waals surface area (Å²) in [7, 11) is 3.37. The lowest BCUT2D eigenvalue weighted by Gasteiger charge is -2.20. The zero-order valence-electron chi connectivity index (χ0n) is 12.0. The average molecular weight is 281 g/mol. The third-order valence-electron chi connectivity index (χ3n) is 2.82. The minimum Gasteiger partial charge on any atom is -0.399 e. The number of nitrogens with zero attached hydrogens (tertiary/aromatic N) is 1. The number of hydrogen-bond acceptors (Lipinski definition) is 5. The van der Waals surface area contributed by atoms with Gasteiger partial charge in [-0.15, -0.1) is 0 Å². The topological polar surface area (TPSA) is 87.8 Å². The molecule has 1 unspecified atom stereocenters. The number of nitrogens with two attached hydrogens (primary N) is 1. The molecule has 4 N–H and O–H groups in total. The van der Waals surface area contributed by atoms with Crippen molar-refractivity contribution in [1.29, 1.82) is 0 Å². The molecule has 0 spiro atoms. The summed E-state index contributed by atoms with van der Waals surface area (Å²) in [5.74, 6) is -0.0932. The van der Waals surface area contributed by atoms with Gasteiger partial charge in [-0.1, -0.05) is 12.1 Å². The number of likely N-dealkylation sites (N-methyl/N-ethyl adjacent to an activating group) is 1. The molecule has 0 heterocycles. The highest BCUT2D eigenvalue weighted by Gasteiger charge is 2.13. The molecule has 1 amide bonds. The van der Waals surface area contributed by atoms with Crippen LogP contribution < -0.4 is 11.1 Å². The van der Waals surface area contributed by atoms with Gasteiger partial charge in [-0.2, -0.15) is 0 Å². The van der Waals surface area contributed by atoms with Gasteiger partial charge < -0.3 is 20.9 Å². The first-order chi connectivity index (χ1) is 9.52. The molecule has 1 aromatic carbocycles. The van der Waals surface area contributed by atoms with E-state index in [0.29, 0.717) is 25.4 Å². The molecule has 0 radical (unpaired) electrons. The fraction of sp³-hybridized carbons (Fsp3) is 0.500. The van der Waals surface area contributed by atoms with Crippen LogP contribution in [-0.2, 0) is 9.53 Å². The fourth-order valence-electron chi connectivity index (χ4n) is 1.83. The second-order valence-electron chi connectivity index (χ2n) is 4.73. The predicted molar refractivity (Wildman–Crippen MR) is 78.2 cm³/mol. The summed E-state index contributed by atoms with van der Waals surface area (Å²) in [6.07, 6.45) is -0.671. The Morgan fingerprint density at radius 3 is 2.95 bits per heavy atom. The number of nitrogen functional groups attached to an aromatic ring is 1. The number of anilines is 1. The van der Waals surface area contributed by atoms with E-state index in [1.165, 1.54) is 0 Å². The van der Waals surface area contributed by atoms with Gasteiger partial charge in [0.15, 0.2) is 0 Å². The van der Waals surface area contributed by atoms with Gasteiger partial charge in [-0.25, -0.2) is 0 Å². The van der Waals surface area contributed by atoms with Gasteiger partial charge in [0, 0.05) is 25.9 Å². The lowest BCUT2D eigenvalue weighted by Crippen LogP contribution is -2.38. The van der Waals surface area contributed by atoms with E-state index >= 15 is 0 Å². The van der Waals surface area contributed by atoms with Crippen molar-refractivity contribution in [2.75, 3.05) is 46.1 Å². The predicted octanol–water partition coefficient (Wildman–Crippen LogP) is -0.00340. The molecule has 0 saturated heterocycles. The van der Waals surface area contributed by atoms with E-state index in [2.05, 4.69) is 5.32 Å². The maximum Gasteiger partial charge on any atom is 0.234 e. The van der Waals surface area contributed by atoms with E-state index in [0.717, 1.165) is 5.56 Å². The van der Waals surface area contributed by atoms with E-state index in [1.807, 2.05) is 6.07 Å². The molecule has 0 aliphatic carbocycles. The van der Waals surface area contributed by atoms with Crippen LogP contribution in [0.1, 0.15) is 11.7 Å². The molecule has 1 atom stereocenters. The lowest BCUT2D eigenvalue weighted by atomic mass is 10.1. The first-order valence-corrected chi connectivity index (χ1v) is 6.50. The number of carbonyl (C=O) groups excluding carboxylic acids is 1. The Morgan fingerprint density at radius 2 is 2.30 bits per heavy atom. The summed E-state index contributed by atoms with van der Waals surface area (Å²) in [6.45, 7) is 1.56. The van der Waals surface area contributed by atoms with Crippen molar-refractivity contribution in [1.82, 2.24) is 10.2 Å². The van der Waals surface area contributed by atoms with Gasteiger partial charge in [0.1, 0.15) is 0 Å². The van der Waals surface area contributed by atoms with Gasteiger partial charge >= 0.3 is 0 Å². The van der Waals surface area contributed by atoms with Crippen molar-refractivity contribution < 1.29 is 14.6 Å². The molecular weight excluding hydrogens is 258 g/mol. The lowest BCUT2D eigenvalue weighted by molar-refractivity contribution is -0.122. The van der Waals surface area contributed by atoms with E-state index in [9.17, 15) is 9.90 Å². The molecule has 0 bridgehead atoms. The number of amides is 1. The van der Waals surface area contributed by atoms with Gasteiger partial charge in [0.2, 0.25) is 5.91 Å². The van der Waals surface area contributed by atoms with E-state index in [4.69, 9.17) is 10.5 Å². The molecule has 20 heavy (non-hydrogen) atoms. The van der Waals surface area contributed by atoms with Gasteiger partial charge in [-0.05, 0) is 24.7 Å². The quantitative estimate of drug-likeness (QED) is 0.461. The smallest absolute Gasteiger partial charge is 0.234 e. The van der Waals surface area contributed by atoms with Crippen molar-refractivity contribution >= 4 is 11.6 Å². The number of carbonyl (C=O) groups is 1. The number of aliphatic hydroxyl groups excluding tert-OH is 1. The van der Waals surface area contributed by atoms with Crippen LogP contribution >= 0.6 is 0 Å². The summed E-state index contributed by atoms with van der Waals surface area (Å²) in [5, 5.41) is 12.8. The summed E-state index contributed by atoms with van der Waals surface area (Å²) in [6, 6.07) is 7.11. The van der Waals surface area contributed by atoms with Gasteiger partial charge in [0.25, 0.3) is 0 Å². The van der Waals surface area contributed by atoms with Crippen LogP contribution in [0, 0.1) is 0 Å². The molecule has 0 fully saturated rings. The third-order valence-corrected chi connectivity index (χ3v) is 2.82. The summed E-state index contributed by atoms with van der Waals surface area (Å²) < 4.78 is 4.85. The number of benzene rings is 1. The minimum atomic E-state index is -0.671. The molecule has 6 heteroatoms. The first-order valence-electron chi connectivity index (χ1n) is 6.50. The maximum atomic E-state index is 11.6. The molecule has 1 rings (SSSR count). The first kappa shape index (κ1) is 16.4. The molecule has 0 aromatic heterocycles. The Bertz CT molecular complexity index is 426. The Hall–Kier alpha value is -1.63. The molecule has 1 aromatic rings. The molecular formula is C14H23N3O3. The van der Waals surface area contributed by atoms with Crippen LogP contribution in [0.3, 0.4) is 0 Å². The monoisotopic (exact) mass is 281 g/mol. The highest BCUT2D eigenvalue weighted by Crippen LogP contribution is 2.16. The van der Waals surface area contributed by atoms with Crippen LogP contribution in [0.2, 0.25) is 0 Å². The molecule has 0 saturated carbocycles. The van der Waals surface area contributed by atoms with Crippen LogP contribution in [0.25, 0.3) is 0 Å². The van der Waals surface area contributed by atoms with Crippen LogP contribution in [0.15, 0.2) is 24.3 Å². The normalized spacial score (nSPS) is 12.4. The van der Waals surface area contributed by atoms with E-state index in [-0.39, 0.29) is 12.5 Å². The number of methoxy groups -OCH3 is 1. The molecule has 0 aliphatic heterocycles. The van der Waals surface area contributed by atoms with Crippen molar-refractivity contribution in [3.63, 3.8) is 0 Å². The second kappa shape index (κ2) is 8.52. The highest BCUT2D eigenvalue weighted by molar-refractivity contribution is 5.77. The maximum absolute atomic E-state index is 11.6. The minimum absolute atomic E-state index is 0.0932. The van der Waals surface area contributed by atoms with Crippen LogP contribution in [0.5, 0.6) is 0 Å². The second-order valence-corrected chi connectivity index (χ2v) is 4.73. The summed E-state index contributed by atoms with van der Waals surface area (Å²) in [4.78, 5) is 13.4. The Kier molecular flexibility index (Phi) is 7.00. The molecule has 0 aliphatic rings. The summed E-state index contributed by atoms with van der Waals surface area (Å²) in [5.41, 5.74) is 7.03. The fourth-order valence-corrected chi connectivity index (χ4v) is 1.83. The van der Waals surface area contributed by atoms with Crippen molar-refractivity contribution in [2.24, 2.45) is 0 Å². The zero-order chi connectivity index (χ0) is 15.0. The van der Waals surface area contributed by atoms with E-state index < -0.39 is 6.10 Å². The standard InChI is InChI=1S/C14H23N3O3/c1-17(10-14(19)16-6-7-20-2)9-13(18)11-4-3-5-12(15)8-11/h3-5,8,13,18H,6-7,9-10,15H2,1-2H3,(H,16,19). The van der Waals surface area contributed by atoms with Gasteiger partial charge in [-0.3, -0.25) is 9.69 Å². The van der Waals surface area contributed by atoms with Gasteiger partial charge in [0.05, 0.1) is 19.3 Å². The Balaban J connectivity index is 2.37. The average Bonchev–Trinajstić information content (AvgIpc) is 2.38. The molecule has 112 valence electrons. The number of aliphatic hydroxyl groups is 1. The molecule has 6 nitrogen and oxygen atoms in total. The van der Waals surface area contributed by atoms with Crippen molar-refractivity contribution in [3.8, 4) is 0 Å². The third kappa shape index (κ3) is 6.01. The number of ether oxygens (including phenoxy) is 1. The van der Waals surface area contributed by atoms with E-state index in [1.54, 1.807) is 37.3 Å². The zero-order valence-corrected chi connectivity index (χ0v) is 12.0. The van der Waals surface area contributed by atoms with Crippen molar-refractivity contribution in [3.05, 3.63) is 29.8 Å². The largest absolute Gasteiger partial charge is 0.399 e. The number of nitrogens with one attached hydrogen (secondary N) is 1. The number of rotatable bonds is 8. The van der Waals surface area contributed by atoms with Crippen LogP contribution in [0.4, 0.5) is 5.69 Å². The summed E-state index contributed by atoms with van der Waals surface area (Å²) >= 11 is 0. The van der Waals surface area contributed by atoms with Crippen LogP contribution in [-0.4, -0.2) is 56.3 Å². The Morgan fingerprint density at radius 1 is 1.55 bits per heavy atom. The highest BCUT2D eigenvalue weighted by atomic mass is 16.5. The number of hydrogen-bond donors (Lipinski definition) is 3. The van der Waals surface area contributed by atoms with Crippen molar-refractivity contribution in [2.45, 2.75) is 6.10 Å². The SMILES string of the molecule is COCCNC(=O)CN(C)CC(O)c1cccc(N)c1.